The molecule has 2 N–H and O–H groups in total. The molecule has 0 saturated carbocycles. The van der Waals surface area contributed by atoms with Crippen LogP contribution in [-0.4, -0.2) is 30.8 Å². The van der Waals surface area contributed by atoms with Crippen molar-refractivity contribution in [1.29, 1.82) is 0 Å². The van der Waals surface area contributed by atoms with E-state index in [1.807, 2.05) is 0 Å². The standard InChI is InChI=1S/C28H23Cl3N4O5S/c29-21-5-1-19(2-6-21)15-32-27(36)28(37)34-33-16-24-11-12-25(40-24)18-35(17-20-3-7-22(30)8-4-20)41(38,39)26-13-9-23(31)10-14-26/h1-14,16H,15,17-18H2,(H,32,36)(H,34,37)/b33-16+. The van der Waals surface area contributed by atoms with E-state index in [4.69, 9.17) is 39.2 Å². The highest BCUT2D eigenvalue weighted by Gasteiger charge is 2.26. The highest BCUT2D eigenvalue weighted by molar-refractivity contribution is 7.89. The van der Waals surface area contributed by atoms with Crippen LogP contribution >= 0.6 is 34.8 Å². The first-order valence-corrected chi connectivity index (χ1v) is 14.6. The number of hydrogen-bond acceptors (Lipinski definition) is 6. The number of nitrogens with zero attached hydrogens (tertiary/aromatic N) is 2. The molecular formula is C28H23Cl3N4O5S. The maximum absolute atomic E-state index is 13.5. The van der Waals surface area contributed by atoms with Gasteiger partial charge < -0.3 is 9.73 Å². The highest BCUT2D eigenvalue weighted by Crippen LogP contribution is 2.24. The van der Waals surface area contributed by atoms with Crippen molar-refractivity contribution in [2.75, 3.05) is 0 Å². The Morgan fingerprint density at radius 1 is 0.756 bits per heavy atom. The molecule has 41 heavy (non-hydrogen) atoms. The summed E-state index contributed by atoms with van der Waals surface area (Å²) in [5, 5.41) is 7.73. The van der Waals surface area contributed by atoms with E-state index < -0.39 is 21.8 Å². The molecule has 1 heterocycles. The van der Waals surface area contributed by atoms with Crippen LogP contribution in [0.15, 0.2) is 99.3 Å². The van der Waals surface area contributed by atoms with Crippen molar-refractivity contribution in [3.63, 3.8) is 0 Å². The lowest BCUT2D eigenvalue weighted by atomic mass is 10.2. The number of amides is 2. The molecule has 0 unspecified atom stereocenters. The van der Waals surface area contributed by atoms with Gasteiger partial charge in [-0.3, -0.25) is 9.59 Å². The number of hydrogen-bond donors (Lipinski definition) is 2. The van der Waals surface area contributed by atoms with Crippen LogP contribution in [-0.2, 0) is 39.2 Å². The predicted molar refractivity (Wildman–Crippen MR) is 157 cm³/mol. The summed E-state index contributed by atoms with van der Waals surface area (Å²) in [6.07, 6.45) is 1.20. The third kappa shape index (κ3) is 8.66. The minimum atomic E-state index is -3.94. The molecule has 2 amide bonds. The quantitative estimate of drug-likeness (QED) is 0.138. The van der Waals surface area contributed by atoms with E-state index in [2.05, 4.69) is 15.8 Å². The average molecular weight is 634 g/mol. The Morgan fingerprint density at radius 2 is 1.32 bits per heavy atom. The Hall–Kier alpha value is -3.67. The summed E-state index contributed by atoms with van der Waals surface area (Å²) in [5.74, 6) is -1.28. The molecule has 0 saturated heterocycles. The van der Waals surface area contributed by atoms with Crippen molar-refractivity contribution in [3.8, 4) is 0 Å². The van der Waals surface area contributed by atoms with Gasteiger partial charge in [-0.05, 0) is 71.8 Å². The van der Waals surface area contributed by atoms with Crippen LogP contribution in [0.1, 0.15) is 22.6 Å². The number of halogens is 3. The number of furan rings is 1. The third-order valence-corrected chi connectivity index (χ3v) is 8.23. The number of carbonyl (C=O) groups excluding carboxylic acids is 2. The zero-order valence-corrected chi connectivity index (χ0v) is 24.3. The first kappa shape index (κ1) is 30.3. The zero-order valence-electron chi connectivity index (χ0n) is 21.3. The van der Waals surface area contributed by atoms with Gasteiger partial charge in [0, 0.05) is 28.2 Å². The van der Waals surface area contributed by atoms with Crippen LogP contribution in [0.5, 0.6) is 0 Å². The van der Waals surface area contributed by atoms with Crippen molar-refractivity contribution >= 4 is 62.9 Å². The summed E-state index contributed by atoms with van der Waals surface area (Å²) < 4.78 is 34.0. The van der Waals surface area contributed by atoms with Gasteiger partial charge in [-0.15, -0.1) is 0 Å². The lowest BCUT2D eigenvalue weighted by molar-refractivity contribution is -0.139. The molecule has 3 aromatic carbocycles. The number of sulfonamides is 1. The van der Waals surface area contributed by atoms with Crippen molar-refractivity contribution in [3.05, 3.63) is 123 Å². The number of hydrazone groups is 1. The fourth-order valence-corrected chi connectivity index (χ4v) is 5.34. The van der Waals surface area contributed by atoms with E-state index in [1.54, 1.807) is 60.7 Å². The number of rotatable bonds is 10. The van der Waals surface area contributed by atoms with Crippen molar-refractivity contribution < 1.29 is 22.4 Å². The second-order valence-electron chi connectivity index (χ2n) is 8.67. The smallest absolute Gasteiger partial charge is 0.329 e. The molecule has 4 rings (SSSR count). The second kappa shape index (κ2) is 13.8. The molecule has 9 nitrogen and oxygen atoms in total. The van der Waals surface area contributed by atoms with E-state index >= 15 is 0 Å². The van der Waals surface area contributed by atoms with Crippen molar-refractivity contribution in [1.82, 2.24) is 15.0 Å². The van der Waals surface area contributed by atoms with E-state index in [0.29, 0.717) is 20.8 Å². The molecular weight excluding hydrogens is 611 g/mol. The third-order valence-electron chi connectivity index (χ3n) is 5.67. The van der Waals surface area contributed by atoms with Gasteiger partial charge >= 0.3 is 11.8 Å². The maximum atomic E-state index is 13.5. The minimum absolute atomic E-state index is 0.0490. The normalized spacial score (nSPS) is 11.6. The van der Waals surface area contributed by atoms with Gasteiger partial charge in [0.2, 0.25) is 10.0 Å². The van der Waals surface area contributed by atoms with Crippen LogP contribution in [0.4, 0.5) is 0 Å². The van der Waals surface area contributed by atoms with Crippen LogP contribution in [0.25, 0.3) is 0 Å². The fourth-order valence-electron chi connectivity index (χ4n) is 3.57. The molecule has 0 atom stereocenters. The summed E-state index contributed by atoms with van der Waals surface area (Å²) in [5.41, 5.74) is 3.61. The van der Waals surface area contributed by atoms with Crippen LogP contribution in [0.2, 0.25) is 15.1 Å². The number of benzene rings is 3. The van der Waals surface area contributed by atoms with Gasteiger partial charge in [0.15, 0.2) is 0 Å². The molecule has 13 heteroatoms. The van der Waals surface area contributed by atoms with Crippen molar-refractivity contribution in [2.24, 2.45) is 5.10 Å². The molecule has 0 aliphatic rings. The lowest BCUT2D eigenvalue weighted by Crippen LogP contribution is -2.37. The predicted octanol–water partition coefficient (Wildman–Crippen LogP) is 5.40. The van der Waals surface area contributed by atoms with Gasteiger partial charge in [0.25, 0.3) is 0 Å². The molecule has 0 bridgehead atoms. The maximum Gasteiger partial charge on any atom is 0.329 e. The Kier molecular flexibility index (Phi) is 10.2. The molecule has 0 radical (unpaired) electrons. The Balaban J connectivity index is 1.40. The molecule has 0 aliphatic carbocycles. The largest absolute Gasteiger partial charge is 0.459 e. The summed E-state index contributed by atoms with van der Waals surface area (Å²) in [6.45, 7) is 0.0917. The van der Waals surface area contributed by atoms with Gasteiger partial charge in [-0.25, -0.2) is 13.8 Å². The topological polar surface area (TPSA) is 121 Å². The summed E-state index contributed by atoms with van der Waals surface area (Å²) in [6, 6.07) is 22.7. The lowest BCUT2D eigenvalue weighted by Gasteiger charge is -2.21. The summed E-state index contributed by atoms with van der Waals surface area (Å²) in [4.78, 5) is 24.1. The highest BCUT2D eigenvalue weighted by atomic mass is 35.5. The van der Waals surface area contributed by atoms with E-state index in [1.165, 1.54) is 34.8 Å². The molecule has 0 fully saturated rings. The van der Waals surface area contributed by atoms with Crippen LogP contribution in [0, 0.1) is 0 Å². The number of carbonyl (C=O) groups is 2. The summed E-state index contributed by atoms with van der Waals surface area (Å²) >= 11 is 17.8. The van der Waals surface area contributed by atoms with Crippen LogP contribution < -0.4 is 10.7 Å². The molecule has 4 aromatic rings. The summed E-state index contributed by atoms with van der Waals surface area (Å²) in [7, 11) is -3.94. The van der Waals surface area contributed by atoms with Gasteiger partial charge in [-0.2, -0.15) is 9.41 Å². The average Bonchev–Trinajstić information content (AvgIpc) is 3.40. The zero-order chi connectivity index (χ0) is 29.4. The molecule has 1 aromatic heterocycles. The molecule has 0 aliphatic heterocycles. The van der Waals surface area contributed by atoms with E-state index in [0.717, 1.165) is 11.1 Å². The molecule has 212 valence electrons. The first-order chi connectivity index (χ1) is 19.6. The second-order valence-corrected chi connectivity index (χ2v) is 11.9. The number of nitrogens with one attached hydrogen (secondary N) is 2. The van der Waals surface area contributed by atoms with Crippen LogP contribution in [0.3, 0.4) is 0 Å². The first-order valence-electron chi connectivity index (χ1n) is 12.0. The van der Waals surface area contributed by atoms with E-state index in [9.17, 15) is 18.0 Å². The van der Waals surface area contributed by atoms with E-state index in [-0.39, 0.29) is 30.3 Å². The van der Waals surface area contributed by atoms with Gasteiger partial charge in [0.05, 0.1) is 17.7 Å². The Morgan fingerprint density at radius 3 is 1.93 bits per heavy atom. The Bertz CT molecular complexity index is 1640. The monoisotopic (exact) mass is 632 g/mol. The minimum Gasteiger partial charge on any atom is -0.459 e. The van der Waals surface area contributed by atoms with Gasteiger partial charge in [0.1, 0.15) is 11.5 Å². The fraction of sp³-hybridized carbons (Fsp3) is 0.107. The van der Waals surface area contributed by atoms with Gasteiger partial charge in [-0.1, -0.05) is 59.1 Å². The van der Waals surface area contributed by atoms with Crippen molar-refractivity contribution in [2.45, 2.75) is 24.5 Å². The SMILES string of the molecule is O=C(NCc1ccc(Cl)cc1)C(=O)N/N=C/c1ccc(CN(Cc2ccc(Cl)cc2)S(=O)(=O)c2ccc(Cl)cc2)o1. The Labute approximate surface area is 251 Å². The molecule has 0 spiro atoms.